The number of nitrogens with zero attached hydrogens (tertiary/aromatic N) is 1. The van der Waals surface area contributed by atoms with E-state index in [-0.39, 0.29) is 0 Å². The molecule has 0 bridgehead atoms. The highest BCUT2D eigenvalue weighted by atomic mass is 16.3. The van der Waals surface area contributed by atoms with E-state index in [0.717, 1.165) is 71.7 Å². The van der Waals surface area contributed by atoms with Crippen molar-refractivity contribution >= 4 is 65.7 Å². The van der Waals surface area contributed by atoms with Crippen LogP contribution < -0.4 is 0 Å². The first-order chi connectivity index (χ1) is 22.3. The predicted octanol–water partition coefficient (Wildman–Crippen LogP) is 11.9. The maximum absolute atomic E-state index is 6.78. The lowest BCUT2D eigenvalue weighted by Gasteiger charge is -2.09. The molecule has 0 spiro atoms. The van der Waals surface area contributed by atoms with Crippen molar-refractivity contribution in [2.24, 2.45) is 0 Å². The van der Waals surface area contributed by atoms with Crippen LogP contribution >= 0.6 is 0 Å². The van der Waals surface area contributed by atoms with E-state index in [1.165, 1.54) is 21.9 Å². The van der Waals surface area contributed by atoms with Gasteiger partial charge >= 0.3 is 0 Å². The summed E-state index contributed by atoms with van der Waals surface area (Å²) < 4.78 is 15.6. The fraction of sp³-hybridized carbons (Fsp3) is 0. The molecule has 0 aliphatic rings. The molecule has 0 radical (unpaired) electrons. The molecule has 0 saturated heterocycles. The third-order valence-corrected chi connectivity index (χ3v) is 9.22. The zero-order valence-corrected chi connectivity index (χ0v) is 24.2. The Morgan fingerprint density at radius 2 is 1.04 bits per heavy atom. The third-order valence-electron chi connectivity index (χ3n) is 9.22. The second kappa shape index (κ2) is 9.22. The Morgan fingerprint density at radius 1 is 0.378 bits per heavy atom. The molecule has 3 nitrogen and oxygen atoms in total. The summed E-state index contributed by atoms with van der Waals surface area (Å²) in [5, 5.41) is 6.86. The second-order valence-electron chi connectivity index (χ2n) is 11.7. The SMILES string of the molecule is c1ccc(-c2ccc3c(c2)c2ccccc2n3-c2cccc3c2oc2cccc(-c4cccc5c4oc4ccccc45)c23)cc1. The van der Waals surface area contributed by atoms with Crippen LogP contribution in [0.15, 0.2) is 160 Å². The number of hydrogen-bond donors (Lipinski definition) is 0. The Kier molecular flexibility index (Phi) is 5.00. The molecule has 0 aliphatic carbocycles. The van der Waals surface area contributed by atoms with Crippen molar-refractivity contribution < 1.29 is 8.83 Å². The van der Waals surface area contributed by atoms with Crippen LogP contribution in [0, 0.1) is 0 Å². The van der Waals surface area contributed by atoms with Gasteiger partial charge in [0.2, 0.25) is 0 Å². The molecule has 0 atom stereocenters. The highest BCUT2D eigenvalue weighted by Crippen LogP contribution is 2.44. The lowest BCUT2D eigenvalue weighted by molar-refractivity contribution is 0.666. The molecule has 45 heavy (non-hydrogen) atoms. The summed E-state index contributed by atoms with van der Waals surface area (Å²) in [7, 11) is 0. The van der Waals surface area contributed by atoms with Gasteiger partial charge in [-0.25, -0.2) is 0 Å². The van der Waals surface area contributed by atoms with E-state index >= 15 is 0 Å². The van der Waals surface area contributed by atoms with Gasteiger partial charge in [0.15, 0.2) is 5.58 Å². The van der Waals surface area contributed by atoms with Crippen LogP contribution in [-0.4, -0.2) is 4.57 Å². The van der Waals surface area contributed by atoms with Gasteiger partial charge in [-0.1, -0.05) is 115 Å². The van der Waals surface area contributed by atoms with Gasteiger partial charge < -0.3 is 13.4 Å². The maximum atomic E-state index is 6.78. The van der Waals surface area contributed by atoms with Gasteiger partial charge in [-0.3, -0.25) is 0 Å². The zero-order valence-electron chi connectivity index (χ0n) is 24.2. The minimum absolute atomic E-state index is 0.857. The van der Waals surface area contributed by atoms with Crippen LogP contribution in [0.4, 0.5) is 0 Å². The maximum Gasteiger partial charge on any atom is 0.159 e. The molecular weight excluding hydrogens is 550 g/mol. The minimum Gasteiger partial charge on any atom is -0.455 e. The standard InChI is InChI=1S/C42H25NO2/c1-2-11-26(12-3-1)27-23-24-36-34(25-27)28-13-4-6-19-35(28)43(36)37-20-9-18-33-40-30(15-10-22-39(40)45-42(33)37)32-17-8-16-31-29-14-5-7-21-38(29)44-41(31)32/h1-25H. The van der Waals surface area contributed by atoms with Crippen LogP contribution in [0.1, 0.15) is 0 Å². The Bertz CT molecular complexity index is 2760. The molecule has 0 fully saturated rings. The topological polar surface area (TPSA) is 31.2 Å². The second-order valence-corrected chi connectivity index (χ2v) is 11.7. The van der Waals surface area contributed by atoms with Crippen LogP contribution in [0.2, 0.25) is 0 Å². The van der Waals surface area contributed by atoms with Crippen molar-refractivity contribution in [2.75, 3.05) is 0 Å². The Hall–Kier alpha value is -6.06. The monoisotopic (exact) mass is 575 g/mol. The summed E-state index contributed by atoms with van der Waals surface area (Å²) in [5.74, 6) is 0. The summed E-state index contributed by atoms with van der Waals surface area (Å²) in [5.41, 5.74) is 11.4. The van der Waals surface area contributed by atoms with Crippen molar-refractivity contribution in [2.45, 2.75) is 0 Å². The van der Waals surface area contributed by atoms with Gasteiger partial charge in [0.05, 0.1) is 16.7 Å². The van der Waals surface area contributed by atoms with E-state index in [0.29, 0.717) is 0 Å². The Morgan fingerprint density at radius 3 is 1.98 bits per heavy atom. The average Bonchev–Trinajstić information content (AvgIpc) is 3.78. The number of fused-ring (bicyclic) bond motifs is 9. The lowest BCUT2D eigenvalue weighted by Crippen LogP contribution is -1.94. The molecule has 0 N–H and O–H groups in total. The summed E-state index contributed by atoms with van der Waals surface area (Å²) in [4.78, 5) is 0. The van der Waals surface area contributed by atoms with Gasteiger partial charge in [-0.05, 0) is 53.1 Å². The summed E-state index contributed by atoms with van der Waals surface area (Å²) in [6.07, 6.45) is 0. The van der Waals surface area contributed by atoms with Crippen molar-refractivity contribution in [3.05, 3.63) is 152 Å². The molecule has 0 unspecified atom stereocenters. The van der Waals surface area contributed by atoms with Gasteiger partial charge in [0.1, 0.15) is 16.7 Å². The molecule has 0 amide bonds. The highest BCUT2D eigenvalue weighted by molar-refractivity contribution is 6.19. The number of furan rings is 2. The minimum atomic E-state index is 0.857. The molecule has 10 rings (SSSR count). The van der Waals surface area contributed by atoms with Gasteiger partial charge in [-0.2, -0.15) is 0 Å². The predicted molar refractivity (Wildman–Crippen MR) is 186 cm³/mol. The normalized spacial score (nSPS) is 12.0. The zero-order chi connectivity index (χ0) is 29.5. The van der Waals surface area contributed by atoms with E-state index in [9.17, 15) is 0 Å². The number of para-hydroxylation sites is 4. The van der Waals surface area contributed by atoms with Gasteiger partial charge in [0.25, 0.3) is 0 Å². The average molecular weight is 576 g/mol. The first kappa shape index (κ1) is 24.4. The number of rotatable bonds is 3. The Balaban J connectivity index is 1.25. The van der Waals surface area contributed by atoms with Crippen molar-refractivity contribution in [1.82, 2.24) is 4.57 Å². The highest BCUT2D eigenvalue weighted by Gasteiger charge is 2.21. The third kappa shape index (κ3) is 3.46. The van der Waals surface area contributed by atoms with Gasteiger partial charge in [-0.15, -0.1) is 0 Å². The molecule has 210 valence electrons. The number of benzene rings is 7. The molecular formula is C42H25NO2. The fourth-order valence-corrected chi connectivity index (χ4v) is 7.24. The molecule has 3 heterocycles. The van der Waals surface area contributed by atoms with E-state index in [2.05, 4.69) is 144 Å². The van der Waals surface area contributed by atoms with Crippen LogP contribution in [-0.2, 0) is 0 Å². The Labute approximate surface area is 258 Å². The molecule has 0 aliphatic heterocycles. The van der Waals surface area contributed by atoms with Crippen molar-refractivity contribution in [3.63, 3.8) is 0 Å². The first-order valence-electron chi connectivity index (χ1n) is 15.3. The van der Waals surface area contributed by atoms with Crippen LogP contribution in [0.25, 0.3) is 93.6 Å². The number of hydrogen-bond acceptors (Lipinski definition) is 2. The molecule has 10 aromatic rings. The van der Waals surface area contributed by atoms with E-state index < -0.39 is 0 Å². The van der Waals surface area contributed by atoms with Crippen molar-refractivity contribution in [1.29, 1.82) is 0 Å². The quantitative estimate of drug-likeness (QED) is 0.210. The van der Waals surface area contributed by atoms with Crippen molar-refractivity contribution in [3.8, 4) is 27.9 Å². The molecule has 3 aromatic heterocycles. The van der Waals surface area contributed by atoms with E-state index in [4.69, 9.17) is 8.83 Å². The first-order valence-corrected chi connectivity index (χ1v) is 15.3. The van der Waals surface area contributed by atoms with Gasteiger partial charge in [0, 0.05) is 37.9 Å². The van der Waals surface area contributed by atoms with E-state index in [1.54, 1.807) is 0 Å². The van der Waals surface area contributed by atoms with E-state index in [1.807, 2.05) is 12.1 Å². The lowest BCUT2D eigenvalue weighted by atomic mass is 9.97. The number of aromatic nitrogens is 1. The van der Waals surface area contributed by atoms with Crippen LogP contribution in [0.3, 0.4) is 0 Å². The largest absolute Gasteiger partial charge is 0.455 e. The fourth-order valence-electron chi connectivity index (χ4n) is 7.24. The summed E-state index contributed by atoms with van der Waals surface area (Å²) in [6, 6.07) is 53.5. The molecule has 0 saturated carbocycles. The van der Waals surface area contributed by atoms with Crippen LogP contribution in [0.5, 0.6) is 0 Å². The molecule has 7 aromatic carbocycles. The summed E-state index contributed by atoms with van der Waals surface area (Å²) in [6.45, 7) is 0. The smallest absolute Gasteiger partial charge is 0.159 e. The molecule has 3 heteroatoms. The summed E-state index contributed by atoms with van der Waals surface area (Å²) >= 11 is 0.